The summed E-state index contributed by atoms with van der Waals surface area (Å²) in [5.74, 6) is 1.55. The van der Waals surface area contributed by atoms with Crippen LogP contribution in [0.15, 0.2) is 12.1 Å². The Hall–Kier alpha value is -1.62. The number of likely N-dealkylation sites (tertiary alicyclic amines) is 1. The van der Waals surface area contributed by atoms with Crippen LogP contribution in [0.2, 0.25) is 0 Å². The lowest BCUT2D eigenvalue weighted by Crippen LogP contribution is -2.46. The number of ether oxygens (including phenoxy) is 2. The Labute approximate surface area is 139 Å². The molecule has 0 unspecified atom stereocenters. The highest BCUT2D eigenvalue weighted by molar-refractivity contribution is 5.70. The molecule has 0 spiro atoms. The molecule has 5 nitrogen and oxygen atoms in total. The third kappa shape index (κ3) is 3.50. The normalized spacial score (nSPS) is 20.5. The predicted molar refractivity (Wildman–Crippen MR) is 94.6 cm³/mol. The predicted octanol–water partition coefficient (Wildman–Crippen LogP) is 2.74. The van der Waals surface area contributed by atoms with E-state index in [2.05, 4.69) is 9.80 Å². The maximum Gasteiger partial charge on any atom is 0.144 e. The molecule has 2 N–H and O–H groups in total. The van der Waals surface area contributed by atoms with E-state index in [-0.39, 0.29) is 0 Å². The maximum atomic E-state index is 6.00. The van der Waals surface area contributed by atoms with Gasteiger partial charge in [0.2, 0.25) is 0 Å². The van der Waals surface area contributed by atoms with Gasteiger partial charge in [-0.3, -0.25) is 0 Å². The highest BCUT2D eigenvalue weighted by Gasteiger charge is 2.27. The number of methoxy groups -OCH3 is 2. The van der Waals surface area contributed by atoms with Crippen molar-refractivity contribution in [3.05, 3.63) is 12.1 Å². The van der Waals surface area contributed by atoms with Crippen LogP contribution in [0.4, 0.5) is 11.4 Å². The van der Waals surface area contributed by atoms with Crippen molar-refractivity contribution in [3.8, 4) is 11.5 Å². The summed E-state index contributed by atoms with van der Waals surface area (Å²) >= 11 is 0. The second kappa shape index (κ2) is 7.30. The fraction of sp³-hybridized carbons (Fsp3) is 0.667. The van der Waals surface area contributed by atoms with Crippen LogP contribution in [0.5, 0.6) is 11.5 Å². The molecular formula is C18H29N3O2. The molecule has 2 saturated heterocycles. The van der Waals surface area contributed by atoms with Gasteiger partial charge in [0.15, 0.2) is 0 Å². The SMILES string of the molecule is COc1cc(N2CCC(N3CCCCC3)CC2)c(OC)cc1N. The molecule has 0 amide bonds. The molecule has 0 radical (unpaired) electrons. The van der Waals surface area contributed by atoms with E-state index in [0.717, 1.165) is 36.3 Å². The van der Waals surface area contributed by atoms with Crippen LogP contribution in [0.3, 0.4) is 0 Å². The van der Waals surface area contributed by atoms with E-state index in [1.54, 1.807) is 14.2 Å². The van der Waals surface area contributed by atoms with Gasteiger partial charge in [0.25, 0.3) is 0 Å². The van der Waals surface area contributed by atoms with Gasteiger partial charge in [0.05, 0.1) is 25.6 Å². The van der Waals surface area contributed by atoms with E-state index in [1.807, 2.05) is 12.1 Å². The molecular weight excluding hydrogens is 290 g/mol. The minimum atomic E-state index is 0.622. The summed E-state index contributed by atoms with van der Waals surface area (Å²) in [6.45, 7) is 4.68. The highest BCUT2D eigenvalue weighted by atomic mass is 16.5. The van der Waals surface area contributed by atoms with Gasteiger partial charge in [-0.05, 0) is 38.8 Å². The Morgan fingerprint density at radius 2 is 1.57 bits per heavy atom. The molecule has 2 aliphatic heterocycles. The first-order valence-corrected chi connectivity index (χ1v) is 8.73. The number of hydrogen-bond acceptors (Lipinski definition) is 5. The number of nitrogen functional groups attached to an aromatic ring is 1. The van der Waals surface area contributed by atoms with Gasteiger partial charge in [-0.15, -0.1) is 0 Å². The number of piperidine rings is 2. The van der Waals surface area contributed by atoms with Gasteiger partial charge in [0, 0.05) is 31.3 Å². The monoisotopic (exact) mass is 319 g/mol. The van der Waals surface area contributed by atoms with Crippen LogP contribution < -0.4 is 20.1 Å². The lowest BCUT2D eigenvalue weighted by Gasteiger charge is -2.41. The third-order valence-corrected chi connectivity index (χ3v) is 5.24. The van der Waals surface area contributed by atoms with Crippen LogP contribution in [0, 0.1) is 0 Å². The van der Waals surface area contributed by atoms with Crippen LogP contribution in [-0.4, -0.2) is 51.3 Å². The van der Waals surface area contributed by atoms with Gasteiger partial charge in [-0.25, -0.2) is 0 Å². The minimum Gasteiger partial charge on any atom is -0.495 e. The second-order valence-corrected chi connectivity index (χ2v) is 6.58. The summed E-state index contributed by atoms with van der Waals surface area (Å²) < 4.78 is 10.9. The molecule has 2 aliphatic rings. The van der Waals surface area contributed by atoms with Gasteiger partial charge in [0.1, 0.15) is 11.5 Å². The Bertz CT molecular complexity index is 521. The van der Waals surface area contributed by atoms with E-state index in [1.165, 1.54) is 45.2 Å². The quantitative estimate of drug-likeness (QED) is 0.865. The number of benzene rings is 1. The van der Waals surface area contributed by atoms with Crippen LogP contribution in [0.1, 0.15) is 32.1 Å². The molecule has 1 aromatic rings. The van der Waals surface area contributed by atoms with Crippen molar-refractivity contribution in [1.82, 2.24) is 4.90 Å². The summed E-state index contributed by atoms with van der Waals surface area (Å²) in [7, 11) is 3.36. The van der Waals surface area contributed by atoms with Crippen molar-refractivity contribution in [2.24, 2.45) is 0 Å². The second-order valence-electron chi connectivity index (χ2n) is 6.58. The third-order valence-electron chi connectivity index (χ3n) is 5.24. The zero-order chi connectivity index (χ0) is 16.2. The molecule has 0 atom stereocenters. The maximum absolute atomic E-state index is 6.00. The van der Waals surface area contributed by atoms with E-state index >= 15 is 0 Å². The molecule has 128 valence electrons. The van der Waals surface area contributed by atoms with Crippen molar-refractivity contribution in [2.45, 2.75) is 38.1 Å². The average Bonchev–Trinajstić information content (AvgIpc) is 2.62. The molecule has 23 heavy (non-hydrogen) atoms. The van der Waals surface area contributed by atoms with Crippen LogP contribution in [0.25, 0.3) is 0 Å². The molecule has 0 saturated carbocycles. The van der Waals surface area contributed by atoms with E-state index < -0.39 is 0 Å². The number of rotatable bonds is 4. The lowest BCUT2D eigenvalue weighted by molar-refractivity contribution is 0.141. The van der Waals surface area contributed by atoms with Gasteiger partial charge in [-0.1, -0.05) is 6.42 Å². The van der Waals surface area contributed by atoms with Gasteiger partial charge >= 0.3 is 0 Å². The molecule has 0 bridgehead atoms. The van der Waals surface area contributed by atoms with E-state index in [4.69, 9.17) is 15.2 Å². The van der Waals surface area contributed by atoms with Crippen LogP contribution >= 0.6 is 0 Å². The largest absolute Gasteiger partial charge is 0.495 e. The van der Waals surface area contributed by atoms with Crippen molar-refractivity contribution < 1.29 is 9.47 Å². The Morgan fingerprint density at radius 3 is 2.17 bits per heavy atom. The lowest BCUT2D eigenvalue weighted by atomic mass is 9.99. The Balaban J connectivity index is 1.69. The average molecular weight is 319 g/mol. The van der Waals surface area contributed by atoms with Crippen LogP contribution in [-0.2, 0) is 0 Å². The molecule has 1 aromatic carbocycles. The summed E-state index contributed by atoms with van der Waals surface area (Å²) in [4.78, 5) is 5.10. The van der Waals surface area contributed by atoms with Gasteiger partial charge in [-0.2, -0.15) is 0 Å². The zero-order valence-corrected chi connectivity index (χ0v) is 14.4. The fourth-order valence-corrected chi connectivity index (χ4v) is 3.91. The minimum absolute atomic E-state index is 0.622. The first kappa shape index (κ1) is 16.2. The number of nitrogens with two attached hydrogens (primary N) is 1. The number of nitrogens with zero attached hydrogens (tertiary/aromatic N) is 2. The molecule has 3 rings (SSSR count). The standard InChI is InChI=1S/C18H29N3O2/c1-22-17-13-16(18(23-2)12-15(17)19)21-10-6-14(7-11-21)20-8-4-3-5-9-20/h12-14H,3-11,19H2,1-2H3. The number of anilines is 2. The molecule has 0 aromatic heterocycles. The van der Waals surface area contributed by atoms with Crippen molar-refractivity contribution >= 4 is 11.4 Å². The fourth-order valence-electron chi connectivity index (χ4n) is 3.91. The zero-order valence-electron chi connectivity index (χ0n) is 14.4. The smallest absolute Gasteiger partial charge is 0.144 e. The van der Waals surface area contributed by atoms with E-state index in [9.17, 15) is 0 Å². The molecule has 2 heterocycles. The summed E-state index contributed by atoms with van der Waals surface area (Å²) in [5, 5.41) is 0. The first-order chi connectivity index (χ1) is 11.2. The topological polar surface area (TPSA) is 51.0 Å². The summed E-state index contributed by atoms with van der Waals surface area (Å²) in [6, 6.07) is 4.62. The van der Waals surface area contributed by atoms with Gasteiger partial charge < -0.3 is 25.0 Å². The molecule has 0 aliphatic carbocycles. The van der Waals surface area contributed by atoms with Crippen molar-refractivity contribution in [2.75, 3.05) is 51.0 Å². The van der Waals surface area contributed by atoms with E-state index in [0.29, 0.717) is 5.69 Å². The summed E-state index contributed by atoms with van der Waals surface area (Å²) in [5.41, 5.74) is 7.71. The first-order valence-electron chi connectivity index (χ1n) is 8.73. The summed E-state index contributed by atoms with van der Waals surface area (Å²) in [6.07, 6.45) is 6.57. The molecule has 2 fully saturated rings. The highest BCUT2D eigenvalue weighted by Crippen LogP contribution is 2.38. The van der Waals surface area contributed by atoms with Crippen molar-refractivity contribution in [3.63, 3.8) is 0 Å². The molecule has 5 heteroatoms. The number of hydrogen-bond donors (Lipinski definition) is 1. The van der Waals surface area contributed by atoms with Crippen molar-refractivity contribution in [1.29, 1.82) is 0 Å². The Kier molecular flexibility index (Phi) is 5.16. The Morgan fingerprint density at radius 1 is 0.913 bits per heavy atom.